The minimum absolute atomic E-state index is 0.0824. The summed E-state index contributed by atoms with van der Waals surface area (Å²) in [5.41, 5.74) is 1.57. The number of rotatable bonds is 4. The normalized spacial score (nSPS) is 24.4. The maximum Gasteiger partial charge on any atom is 0.230 e. The molecular weight excluding hydrogens is 431 g/mol. The molecule has 2 fully saturated rings. The highest BCUT2D eigenvalue weighted by Gasteiger charge is 2.53. The van der Waals surface area contributed by atoms with Crippen LogP contribution in [0.3, 0.4) is 0 Å². The molecule has 1 saturated carbocycles. The molecule has 2 aromatic carbocycles. The molecule has 2 atom stereocenters. The number of nitrogens with one attached hydrogen (secondary N) is 2. The number of hydrogen-bond donors (Lipinski definition) is 2. The lowest BCUT2D eigenvalue weighted by Gasteiger charge is -2.42. The van der Waals surface area contributed by atoms with Gasteiger partial charge in [0, 0.05) is 36.2 Å². The van der Waals surface area contributed by atoms with Crippen LogP contribution in [0.2, 0.25) is 0 Å². The Labute approximate surface area is 188 Å². The maximum absolute atomic E-state index is 14.6. The quantitative estimate of drug-likeness (QED) is 0.623. The molecule has 0 bridgehead atoms. The van der Waals surface area contributed by atoms with Crippen LogP contribution in [0.4, 0.5) is 13.2 Å². The van der Waals surface area contributed by atoms with Gasteiger partial charge >= 0.3 is 0 Å². The molecule has 33 heavy (non-hydrogen) atoms. The minimum atomic E-state index is -0.995. The van der Waals surface area contributed by atoms with E-state index in [2.05, 4.69) is 10.3 Å². The highest BCUT2D eigenvalue weighted by molar-refractivity contribution is 5.86. The monoisotopic (exact) mass is 455 g/mol. The number of fused-ring (bicyclic) bond motifs is 3. The molecule has 0 radical (unpaired) electrons. The van der Waals surface area contributed by atoms with Gasteiger partial charge in [-0.25, -0.2) is 13.2 Å². The lowest BCUT2D eigenvalue weighted by atomic mass is 9.75. The van der Waals surface area contributed by atoms with E-state index in [0.717, 1.165) is 18.4 Å². The first-order valence-electron chi connectivity index (χ1n) is 11.4. The van der Waals surface area contributed by atoms with Crippen molar-refractivity contribution in [1.82, 2.24) is 15.2 Å². The Morgan fingerprint density at radius 3 is 2.79 bits per heavy atom. The van der Waals surface area contributed by atoms with Crippen molar-refractivity contribution >= 4 is 16.8 Å². The minimum Gasteiger partial charge on any atom is -0.365 e. The van der Waals surface area contributed by atoms with Gasteiger partial charge in [0.05, 0.1) is 12.5 Å². The molecule has 1 spiro atoms. The first kappa shape index (κ1) is 20.7. The Morgan fingerprint density at radius 2 is 1.97 bits per heavy atom. The Morgan fingerprint density at radius 1 is 1.15 bits per heavy atom. The molecule has 3 heterocycles. The highest BCUT2D eigenvalue weighted by atomic mass is 19.2. The SMILES string of the molecule is O=C([C@H]1CNCCC12OCc1cc(F)c(F)cc12)N(Cc1c[nH]c2cccc(F)c12)C1CC1. The number of benzene rings is 2. The number of piperidine rings is 1. The van der Waals surface area contributed by atoms with Crippen LogP contribution in [0.5, 0.6) is 0 Å². The summed E-state index contributed by atoms with van der Waals surface area (Å²) < 4.78 is 48.8. The zero-order valence-corrected chi connectivity index (χ0v) is 18.0. The number of nitrogens with zero attached hydrogens (tertiary/aromatic N) is 1. The van der Waals surface area contributed by atoms with Crippen LogP contribution in [-0.2, 0) is 28.3 Å². The average Bonchev–Trinajstić information content (AvgIpc) is 3.49. The molecule has 2 aliphatic heterocycles. The third-order valence-electron chi connectivity index (χ3n) is 7.32. The average molecular weight is 455 g/mol. The van der Waals surface area contributed by atoms with E-state index in [1.807, 2.05) is 11.0 Å². The molecule has 1 aliphatic carbocycles. The van der Waals surface area contributed by atoms with Crippen molar-refractivity contribution in [2.45, 2.75) is 44.1 Å². The van der Waals surface area contributed by atoms with E-state index in [1.54, 1.807) is 12.3 Å². The van der Waals surface area contributed by atoms with Gasteiger partial charge in [-0.3, -0.25) is 4.79 Å². The molecule has 3 aromatic rings. The lowest BCUT2D eigenvalue weighted by Crippen LogP contribution is -2.55. The van der Waals surface area contributed by atoms with E-state index in [4.69, 9.17) is 4.74 Å². The summed E-state index contributed by atoms with van der Waals surface area (Å²) in [6.45, 7) is 1.41. The molecule has 5 nitrogen and oxygen atoms in total. The van der Waals surface area contributed by atoms with Gasteiger partial charge in [-0.15, -0.1) is 0 Å². The molecule has 1 amide bonds. The number of carbonyl (C=O) groups excluding carboxylic acids is 1. The summed E-state index contributed by atoms with van der Waals surface area (Å²) in [4.78, 5) is 18.9. The largest absolute Gasteiger partial charge is 0.365 e. The van der Waals surface area contributed by atoms with Gasteiger partial charge in [0.15, 0.2) is 11.6 Å². The summed E-state index contributed by atoms with van der Waals surface area (Å²) in [7, 11) is 0. The summed E-state index contributed by atoms with van der Waals surface area (Å²) in [6, 6.07) is 7.33. The van der Waals surface area contributed by atoms with Gasteiger partial charge in [-0.1, -0.05) is 6.07 Å². The van der Waals surface area contributed by atoms with Crippen LogP contribution in [0.25, 0.3) is 10.9 Å². The van der Waals surface area contributed by atoms with Crippen LogP contribution in [0.1, 0.15) is 36.0 Å². The first-order chi connectivity index (χ1) is 16.0. The molecule has 8 heteroatoms. The number of ether oxygens (including phenoxy) is 1. The van der Waals surface area contributed by atoms with E-state index in [-0.39, 0.29) is 30.9 Å². The predicted octanol–water partition coefficient (Wildman–Crippen LogP) is 4.11. The van der Waals surface area contributed by atoms with Crippen molar-refractivity contribution in [2.75, 3.05) is 13.1 Å². The second-order valence-electron chi connectivity index (χ2n) is 9.28. The van der Waals surface area contributed by atoms with Crippen molar-refractivity contribution in [1.29, 1.82) is 0 Å². The van der Waals surface area contributed by atoms with Gasteiger partial charge < -0.3 is 19.9 Å². The highest BCUT2D eigenvalue weighted by Crippen LogP contribution is 2.48. The van der Waals surface area contributed by atoms with Crippen molar-refractivity contribution in [2.24, 2.45) is 5.92 Å². The number of amides is 1. The number of carbonyl (C=O) groups is 1. The fourth-order valence-electron chi connectivity index (χ4n) is 5.52. The molecule has 1 saturated heterocycles. The van der Waals surface area contributed by atoms with E-state index in [1.165, 1.54) is 18.2 Å². The maximum atomic E-state index is 14.6. The standard InChI is InChI=1S/C25H24F3N3O2/c26-19-2-1-3-22-23(19)15(10-30-22)12-31(16-4-5-16)24(32)18-11-29-7-6-25(18)17-9-21(28)20(27)8-14(17)13-33-25/h1-3,8-10,16,18,29-30H,4-7,11-13H2/t18-,25?/m1/s1. The fraction of sp³-hybridized carbons (Fsp3) is 0.400. The van der Waals surface area contributed by atoms with Crippen LogP contribution in [0.15, 0.2) is 36.5 Å². The molecular formula is C25H24F3N3O2. The smallest absolute Gasteiger partial charge is 0.230 e. The van der Waals surface area contributed by atoms with Crippen molar-refractivity contribution in [3.8, 4) is 0 Å². The first-order valence-corrected chi connectivity index (χ1v) is 11.4. The van der Waals surface area contributed by atoms with E-state index < -0.39 is 23.2 Å². The van der Waals surface area contributed by atoms with Gasteiger partial charge in [0.2, 0.25) is 5.91 Å². The lowest BCUT2D eigenvalue weighted by molar-refractivity contribution is -0.157. The topological polar surface area (TPSA) is 57.4 Å². The van der Waals surface area contributed by atoms with Gasteiger partial charge in [-0.2, -0.15) is 0 Å². The summed E-state index contributed by atoms with van der Waals surface area (Å²) >= 11 is 0. The van der Waals surface area contributed by atoms with Crippen molar-refractivity contribution in [3.05, 3.63) is 70.7 Å². The predicted molar refractivity (Wildman–Crippen MR) is 116 cm³/mol. The Kier molecular flexibility index (Phi) is 4.78. The number of aromatic nitrogens is 1. The molecule has 1 aromatic heterocycles. The second kappa shape index (κ2) is 7.60. The molecule has 1 unspecified atom stereocenters. The molecule has 2 N–H and O–H groups in total. The summed E-state index contributed by atoms with van der Waals surface area (Å²) in [6.07, 6.45) is 4.02. The Hall–Kier alpha value is -2.84. The van der Waals surface area contributed by atoms with E-state index >= 15 is 0 Å². The zero-order valence-electron chi connectivity index (χ0n) is 18.0. The van der Waals surface area contributed by atoms with E-state index in [0.29, 0.717) is 41.5 Å². The molecule has 3 aliphatic rings. The van der Waals surface area contributed by atoms with Gasteiger partial charge in [-0.05, 0) is 66.8 Å². The third kappa shape index (κ3) is 3.27. The van der Waals surface area contributed by atoms with Crippen molar-refractivity contribution in [3.63, 3.8) is 0 Å². The number of H-pyrrole nitrogens is 1. The Bertz CT molecular complexity index is 1260. The van der Waals surface area contributed by atoms with Gasteiger partial charge in [0.1, 0.15) is 11.4 Å². The third-order valence-corrected chi connectivity index (χ3v) is 7.32. The van der Waals surface area contributed by atoms with E-state index in [9.17, 15) is 18.0 Å². The molecule has 172 valence electrons. The van der Waals surface area contributed by atoms with Crippen molar-refractivity contribution < 1.29 is 22.7 Å². The fourth-order valence-corrected chi connectivity index (χ4v) is 5.52. The van der Waals surface area contributed by atoms with Crippen LogP contribution in [-0.4, -0.2) is 34.9 Å². The van der Waals surface area contributed by atoms with Crippen LogP contribution in [0, 0.1) is 23.4 Å². The number of aromatic amines is 1. The summed E-state index contributed by atoms with van der Waals surface area (Å²) in [5.74, 6) is -2.86. The second-order valence-corrected chi connectivity index (χ2v) is 9.28. The number of hydrogen-bond acceptors (Lipinski definition) is 3. The van der Waals surface area contributed by atoms with Gasteiger partial charge in [0.25, 0.3) is 0 Å². The Balaban J connectivity index is 1.37. The molecule has 6 rings (SSSR count). The van der Waals surface area contributed by atoms with Crippen LogP contribution >= 0.6 is 0 Å². The zero-order chi connectivity index (χ0) is 22.7. The summed E-state index contributed by atoms with van der Waals surface area (Å²) in [5, 5.41) is 3.77. The van der Waals surface area contributed by atoms with Crippen LogP contribution < -0.4 is 5.32 Å². The number of halogens is 3.